The highest BCUT2D eigenvalue weighted by molar-refractivity contribution is 14.1. The monoisotopic (exact) mass is 470 g/mol. The lowest BCUT2D eigenvalue weighted by atomic mass is 10.1. The molecule has 0 spiro atoms. The Morgan fingerprint density at radius 2 is 1.23 bits per heavy atom. The summed E-state index contributed by atoms with van der Waals surface area (Å²) >= 11 is 0.935. The van der Waals surface area contributed by atoms with Crippen molar-refractivity contribution in [1.82, 2.24) is 0 Å². The zero-order valence-electron chi connectivity index (χ0n) is 9.88. The molecular weight excluding hydrogens is 464 g/mol. The van der Waals surface area contributed by atoms with Gasteiger partial charge in [-0.15, -0.1) is 0 Å². The zero-order valence-corrected chi connectivity index (χ0v) is 12.0. The minimum atomic E-state index is -7.07. The van der Waals surface area contributed by atoms with Crippen LogP contribution in [0.25, 0.3) is 0 Å². The van der Waals surface area contributed by atoms with Crippen LogP contribution in [0.4, 0.5) is 48.3 Å². The molecule has 0 aliphatic rings. The molecule has 0 aromatic heterocycles. The third kappa shape index (κ3) is 4.46. The van der Waals surface area contributed by atoms with Crippen molar-refractivity contribution in [2.45, 2.75) is 40.6 Å². The molecule has 2 nitrogen and oxygen atoms in total. The number of rotatable bonds is 6. The number of hydrogen-bond donors (Lipinski definition) is 1. The molecule has 2 atom stereocenters. The van der Waals surface area contributed by atoms with Gasteiger partial charge in [-0.2, -0.15) is 43.9 Å². The molecule has 1 N–H and O–H groups in total. The molecule has 0 aromatic carbocycles. The summed E-state index contributed by atoms with van der Waals surface area (Å²) in [7, 11) is 0. The van der Waals surface area contributed by atoms with E-state index in [1.807, 2.05) is 0 Å². The summed E-state index contributed by atoms with van der Waals surface area (Å²) in [5.74, 6) is -12.6. The minimum Gasteiger partial charge on any atom is -0.395 e. The number of halogens is 12. The van der Waals surface area contributed by atoms with E-state index >= 15 is 0 Å². The Labute approximate surface area is 128 Å². The van der Waals surface area contributed by atoms with Gasteiger partial charge in [0.25, 0.3) is 0 Å². The summed E-state index contributed by atoms with van der Waals surface area (Å²) in [5, 5.41) is 8.44. The molecule has 0 saturated heterocycles. The zero-order chi connectivity index (χ0) is 18.2. The molecule has 0 aliphatic carbocycles. The summed E-state index contributed by atoms with van der Waals surface area (Å²) in [6.45, 7) is -1.20. The van der Waals surface area contributed by atoms with E-state index in [4.69, 9.17) is 5.11 Å². The van der Waals surface area contributed by atoms with Crippen LogP contribution in [-0.4, -0.2) is 45.9 Å². The molecule has 0 heterocycles. The third-order valence-corrected chi connectivity index (χ3v) is 2.95. The highest BCUT2D eigenvalue weighted by Crippen LogP contribution is 2.52. The lowest BCUT2D eigenvalue weighted by Crippen LogP contribution is -2.59. The van der Waals surface area contributed by atoms with Gasteiger partial charge in [0.1, 0.15) is 0 Å². The normalized spacial score (nSPS) is 19.0. The summed E-state index contributed by atoms with van der Waals surface area (Å²) in [6, 6.07) is 0. The molecule has 22 heavy (non-hydrogen) atoms. The van der Waals surface area contributed by atoms with E-state index in [0.29, 0.717) is 0 Å². The van der Waals surface area contributed by atoms with E-state index in [9.17, 15) is 48.3 Å². The van der Waals surface area contributed by atoms with Crippen LogP contribution in [0, 0.1) is 0 Å². The number of aliphatic hydroxyl groups excluding tert-OH is 1. The number of ether oxygens (including phenoxy) is 1. The lowest BCUT2D eigenvalue weighted by molar-refractivity contribution is -0.483. The molecule has 0 radical (unpaired) electrons. The molecule has 0 saturated carbocycles. The maximum atomic E-state index is 13.5. The largest absolute Gasteiger partial charge is 0.462 e. The van der Waals surface area contributed by atoms with E-state index in [-0.39, 0.29) is 0 Å². The highest BCUT2D eigenvalue weighted by Gasteiger charge is 2.78. The van der Waals surface area contributed by atoms with Gasteiger partial charge >= 0.3 is 30.2 Å². The minimum absolute atomic E-state index is 0.935. The van der Waals surface area contributed by atoms with Crippen molar-refractivity contribution >= 4 is 22.6 Å². The van der Waals surface area contributed by atoms with Gasteiger partial charge in [-0.05, 0) is 0 Å². The SMILES string of the molecule is OC[C@@H](I)C[C@@](F)(OC(F)(F)C(F)(F)C(F)(F)F)C(F)(F)F. The molecule has 14 heteroatoms. The van der Waals surface area contributed by atoms with Gasteiger partial charge in [0, 0.05) is 10.3 Å². The fraction of sp³-hybridized carbons (Fsp3) is 1.00. The molecule has 134 valence electrons. The first-order chi connectivity index (χ1) is 9.41. The van der Waals surface area contributed by atoms with Crippen LogP contribution in [0.5, 0.6) is 0 Å². The van der Waals surface area contributed by atoms with Crippen molar-refractivity contribution in [3.05, 3.63) is 0 Å². The maximum Gasteiger partial charge on any atom is 0.462 e. The van der Waals surface area contributed by atoms with Gasteiger partial charge in [0.05, 0.1) is 6.61 Å². The second kappa shape index (κ2) is 6.41. The Hall–Kier alpha value is -0.120. The predicted octanol–water partition coefficient (Wildman–Crippen LogP) is 4.21. The van der Waals surface area contributed by atoms with Crippen molar-refractivity contribution in [1.29, 1.82) is 0 Å². The Morgan fingerprint density at radius 1 is 0.818 bits per heavy atom. The second-order valence-corrected chi connectivity index (χ2v) is 5.66. The van der Waals surface area contributed by atoms with Gasteiger partial charge < -0.3 is 5.11 Å². The van der Waals surface area contributed by atoms with Crippen LogP contribution in [0.2, 0.25) is 0 Å². The highest BCUT2D eigenvalue weighted by atomic mass is 127. The molecule has 0 aromatic rings. The van der Waals surface area contributed by atoms with Gasteiger partial charge in [-0.1, -0.05) is 22.6 Å². The van der Waals surface area contributed by atoms with E-state index in [1.54, 1.807) is 0 Å². The first-order valence-electron chi connectivity index (χ1n) is 4.94. The summed E-state index contributed by atoms with van der Waals surface area (Å²) < 4.78 is 137. The van der Waals surface area contributed by atoms with Gasteiger partial charge in [0.2, 0.25) is 0 Å². The van der Waals surface area contributed by atoms with Gasteiger partial charge in [0.15, 0.2) is 0 Å². The first kappa shape index (κ1) is 21.9. The molecule has 0 bridgehead atoms. The molecule has 0 rings (SSSR count). The van der Waals surface area contributed by atoms with Crippen molar-refractivity contribution in [3.8, 4) is 0 Å². The van der Waals surface area contributed by atoms with Crippen molar-refractivity contribution < 1.29 is 58.1 Å². The standard InChI is InChI=1S/C8H6F11IO2/c9-4(6(12,13)14,1-3(20)2-21)22-8(18,19)5(10,11)7(15,16)17/h3,21H,1-2H2/t3-,4+/m0/s1. The average molecular weight is 470 g/mol. The maximum absolute atomic E-state index is 13.5. The van der Waals surface area contributed by atoms with E-state index in [1.165, 1.54) is 0 Å². The van der Waals surface area contributed by atoms with Crippen LogP contribution in [0.15, 0.2) is 0 Å². The molecule has 0 unspecified atom stereocenters. The molecule has 0 aliphatic heterocycles. The topological polar surface area (TPSA) is 29.5 Å². The van der Waals surface area contributed by atoms with Crippen molar-refractivity contribution in [3.63, 3.8) is 0 Å². The van der Waals surface area contributed by atoms with Gasteiger partial charge in [-0.25, -0.2) is 4.39 Å². The first-order valence-corrected chi connectivity index (χ1v) is 6.19. The fourth-order valence-electron chi connectivity index (χ4n) is 0.997. The number of alkyl halides is 12. The molecule has 0 amide bonds. The Kier molecular flexibility index (Phi) is 6.38. The van der Waals surface area contributed by atoms with Crippen LogP contribution in [0.1, 0.15) is 6.42 Å². The van der Waals surface area contributed by atoms with E-state index in [0.717, 1.165) is 22.6 Å². The van der Waals surface area contributed by atoms with Crippen LogP contribution >= 0.6 is 22.6 Å². The predicted molar refractivity (Wildman–Crippen MR) is 56.4 cm³/mol. The summed E-state index contributed by atoms with van der Waals surface area (Å²) in [4.78, 5) is 0. The van der Waals surface area contributed by atoms with E-state index in [2.05, 4.69) is 4.74 Å². The van der Waals surface area contributed by atoms with Crippen LogP contribution < -0.4 is 0 Å². The smallest absolute Gasteiger partial charge is 0.395 e. The number of hydrogen-bond acceptors (Lipinski definition) is 2. The Morgan fingerprint density at radius 3 is 1.50 bits per heavy atom. The Balaban J connectivity index is 5.67. The van der Waals surface area contributed by atoms with E-state index < -0.39 is 47.2 Å². The van der Waals surface area contributed by atoms with Crippen LogP contribution in [-0.2, 0) is 4.74 Å². The van der Waals surface area contributed by atoms with Gasteiger partial charge in [-0.3, -0.25) is 4.74 Å². The summed E-state index contributed by atoms with van der Waals surface area (Å²) in [6.07, 6.45) is -22.3. The second-order valence-electron chi connectivity index (χ2n) is 3.90. The van der Waals surface area contributed by atoms with Crippen LogP contribution in [0.3, 0.4) is 0 Å². The third-order valence-electron chi connectivity index (χ3n) is 2.12. The number of aliphatic hydroxyl groups is 1. The molecule has 0 fully saturated rings. The Bertz CT molecular complexity index is 379. The lowest BCUT2D eigenvalue weighted by Gasteiger charge is -2.35. The summed E-state index contributed by atoms with van der Waals surface area (Å²) in [5.41, 5.74) is 0. The fourth-order valence-corrected chi connectivity index (χ4v) is 1.56. The average Bonchev–Trinajstić information content (AvgIpc) is 2.24. The van der Waals surface area contributed by atoms with Crippen molar-refractivity contribution in [2.24, 2.45) is 0 Å². The molecular formula is C8H6F11IO2. The van der Waals surface area contributed by atoms with Crippen molar-refractivity contribution in [2.75, 3.05) is 6.61 Å². The quantitative estimate of drug-likeness (QED) is 0.359.